The fraction of sp³-hybridized carbons (Fsp3) is 0.160. The fourth-order valence-electron chi connectivity index (χ4n) is 4.25. The zero-order chi connectivity index (χ0) is 23.9. The van der Waals surface area contributed by atoms with Crippen LogP contribution in [0.4, 0.5) is 14.9 Å². The number of fused-ring (bicyclic) bond motifs is 1. The number of carbonyl (C=O) groups excluding carboxylic acids is 1. The third kappa shape index (κ3) is 3.81. The number of ether oxygens (including phenoxy) is 2. The minimum absolute atomic E-state index is 0.266. The van der Waals surface area contributed by atoms with Gasteiger partial charge in [0.25, 0.3) is 5.89 Å². The van der Waals surface area contributed by atoms with Crippen LogP contribution < -0.4 is 19.7 Å². The normalized spacial score (nSPS) is 17.5. The third-order valence-electron chi connectivity index (χ3n) is 5.87. The molecule has 1 atom stereocenters. The summed E-state index contributed by atoms with van der Waals surface area (Å²) in [7, 11) is 0. The summed E-state index contributed by atoms with van der Waals surface area (Å²) >= 11 is 1.50. The summed E-state index contributed by atoms with van der Waals surface area (Å²) in [5.41, 5.74) is 2.49. The van der Waals surface area contributed by atoms with Crippen LogP contribution in [0.2, 0.25) is 0 Å². The molecular formula is C25H19FN4O4S. The molecule has 2 aliphatic heterocycles. The highest BCUT2D eigenvalue weighted by Crippen LogP contribution is 2.41. The maximum absolute atomic E-state index is 13.6. The van der Waals surface area contributed by atoms with Crippen LogP contribution in [-0.4, -0.2) is 29.4 Å². The average Bonchev–Trinajstić information content (AvgIpc) is 3.57. The van der Waals surface area contributed by atoms with E-state index in [1.54, 1.807) is 30.3 Å². The van der Waals surface area contributed by atoms with Crippen molar-refractivity contribution >= 4 is 28.6 Å². The molecule has 1 unspecified atom stereocenters. The lowest BCUT2D eigenvalue weighted by atomic mass is 9.94. The van der Waals surface area contributed by atoms with E-state index < -0.39 is 6.04 Å². The van der Waals surface area contributed by atoms with Crippen molar-refractivity contribution in [3.8, 4) is 22.2 Å². The SMILES string of the molecule is CC1=C(c2nc(-c3cccs3)no2)C(c2ccc(F)cc2)NC(=O)N1c1ccc2c(c1)OCCO2. The van der Waals surface area contributed by atoms with Gasteiger partial charge in [0.15, 0.2) is 11.5 Å². The second kappa shape index (κ2) is 8.55. The number of rotatable bonds is 4. The van der Waals surface area contributed by atoms with Crippen molar-refractivity contribution in [3.05, 3.63) is 82.9 Å². The fourth-order valence-corrected chi connectivity index (χ4v) is 4.90. The summed E-state index contributed by atoms with van der Waals surface area (Å²) < 4.78 is 30.6. The topological polar surface area (TPSA) is 89.7 Å². The van der Waals surface area contributed by atoms with Gasteiger partial charge in [0.05, 0.1) is 22.2 Å². The lowest BCUT2D eigenvalue weighted by Gasteiger charge is -2.35. The lowest BCUT2D eigenvalue weighted by Crippen LogP contribution is -2.46. The molecule has 0 aliphatic carbocycles. The van der Waals surface area contributed by atoms with Gasteiger partial charge < -0.3 is 19.3 Å². The van der Waals surface area contributed by atoms with E-state index in [2.05, 4.69) is 15.5 Å². The number of anilines is 1. The van der Waals surface area contributed by atoms with Crippen molar-refractivity contribution in [3.63, 3.8) is 0 Å². The number of thiophene rings is 1. The number of aromatic nitrogens is 2. The molecule has 0 radical (unpaired) electrons. The molecular weight excluding hydrogens is 471 g/mol. The lowest BCUT2D eigenvalue weighted by molar-refractivity contribution is 0.171. The number of hydrogen-bond donors (Lipinski definition) is 1. The zero-order valence-electron chi connectivity index (χ0n) is 18.5. The highest BCUT2D eigenvalue weighted by Gasteiger charge is 2.37. The van der Waals surface area contributed by atoms with Crippen molar-refractivity contribution in [2.45, 2.75) is 13.0 Å². The zero-order valence-corrected chi connectivity index (χ0v) is 19.3. The summed E-state index contributed by atoms with van der Waals surface area (Å²) in [5, 5.41) is 9.09. The number of urea groups is 1. The maximum Gasteiger partial charge on any atom is 0.327 e. The van der Waals surface area contributed by atoms with Crippen molar-refractivity contribution in [2.75, 3.05) is 18.1 Å². The van der Waals surface area contributed by atoms with Gasteiger partial charge in [-0.05, 0) is 48.2 Å². The molecule has 35 heavy (non-hydrogen) atoms. The average molecular weight is 491 g/mol. The molecule has 8 nitrogen and oxygen atoms in total. The minimum atomic E-state index is -0.617. The molecule has 4 heterocycles. The predicted octanol–water partition coefficient (Wildman–Crippen LogP) is 5.41. The molecule has 6 rings (SSSR count). The van der Waals surface area contributed by atoms with Gasteiger partial charge in [-0.3, -0.25) is 4.90 Å². The molecule has 2 aromatic carbocycles. The summed E-state index contributed by atoms with van der Waals surface area (Å²) in [4.78, 5) is 20.4. The van der Waals surface area contributed by atoms with E-state index in [1.165, 1.54) is 28.4 Å². The number of nitrogens with zero attached hydrogens (tertiary/aromatic N) is 3. The van der Waals surface area contributed by atoms with Crippen molar-refractivity contribution in [1.82, 2.24) is 15.5 Å². The molecule has 0 bridgehead atoms. The van der Waals surface area contributed by atoms with Crippen LogP contribution in [-0.2, 0) is 0 Å². The Balaban J connectivity index is 1.48. The number of allylic oxidation sites excluding steroid dienone is 1. The molecule has 0 saturated heterocycles. The van der Waals surface area contributed by atoms with Crippen LogP contribution in [0.1, 0.15) is 24.4 Å². The molecule has 0 saturated carbocycles. The van der Waals surface area contributed by atoms with E-state index in [-0.39, 0.29) is 17.7 Å². The standard InChI is InChI=1S/C25H19FN4O4S/c1-14-21(24-28-23(29-34-24)20-3-2-12-35-20)22(15-4-6-16(26)7-5-15)27-25(31)30(14)17-8-9-18-19(13-17)33-11-10-32-18/h2-9,12-13,22H,10-11H2,1H3,(H,27,31). The number of hydrogen-bond acceptors (Lipinski definition) is 7. The molecule has 1 N–H and O–H groups in total. The first-order valence-corrected chi connectivity index (χ1v) is 11.8. The summed E-state index contributed by atoms with van der Waals surface area (Å²) in [5.74, 6) is 1.54. The maximum atomic E-state index is 13.6. The van der Waals surface area contributed by atoms with Crippen LogP contribution in [0.15, 0.2) is 70.2 Å². The number of halogens is 1. The Bertz CT molecular complexity index is 1430. The van der Waals surface area contributed by atoms with E-state index in [4.69, 9.17) is 14.0 Å². The molecule has 2 amide bonds. The Labute approximate surface area is 203 Å². The van der Waals surface area contributed by atoms with Crippen LogP contribution >= 0.6 is 11.3 Å². The number of benzene rings is 2. The first-order chi connectivity index (χ1) is 17.1. The Morgan fingerprint density at radius 3 is 2.66 bits per heavy atom. The number of amides is 2. The van der Waals surface area contributed by atoms with Gasteiger partial charge in [0.2, 0.25) is 5.82 Å². The Hall–Kier alpha value is -4.18. The molecule has 0 spiro atoms. The Kier molecular flexibility index (Phi) is 5.22. The van der Waals surface area contributed by atoms with Gasteiger partial charge in [-0.15, -0.1) is 11.3 Å². The third-order valence-corrected chi connectivity index (χ3v) is 6.74. The largest absolute Gasteiger partial charge is 0.486 e. The van der Waals surface area contributed by atoms with Gasteiger partial charge in [0, 0.05) is 11.8 Å². The van der Waals surface area contributed by atoms with E-state index in [0.29, 0.717) is 53.1 Å². The first-order valence-electron chi connectivity index (χ1n) is 10.9. The second-order valence-electron chi connectivity index (χ2n) is 8.00. The van der Waals surface area contributed by atoms with E-state index in [9.17, 15) is 9.18 Å². The highest BCUT2D eigenvalue weighted by molar-refractivity contribution is 7.13. The van der Waals surface area contributed by atoms with Gasteiger partial charge >= 0.3 is 6.03 Å². The highest BCUT2D eigenvalue weighted by atomic mass is 32.1. The summed E-state index contributed by atoms with van der Waals surface area (Å²) in [6, 6.07) is 14.1. The minimum Gasteiger partial charge on any atom is -0.486 e. The summed E-state index contributed by atoms with van der Waals surface area (Å²) in [6.07, 6.45) is 0. The van der Waals surface area contributed by atoms with Crippen molar-refractivity contribution < 1.29 is 23.2 Å². The molecule has 2 aromatic heterocycles. The van der Waals surface area contributed by atoms with E-state index in [1.807, 2.05) is 24.4 Å². The summed E-state index contributed by atoms with van der Waals surface area (Å²) in [6.45, 7) is 2.72. The molecule has 10 heteroatoms. The number of carbonyl (C=O) groups is 1. The monoisotopic (exact) mass is 490 g/mol. The molecule has 176 valence electrons. The van der Waals surface area contributed by atoms with Crippen LogP contribution in [0, 0.1) is 5.82 Å². The molecule has 4 aromatic rings. The van der Waals surface area contributed by atoms with Gasteiger partial charge in [-0.1, -0.05) is 23.4 Å². The predicted molar refractivity (Wildman–Crippen MR) is 128 cm³/mol. The second-order valence-corrected chi connectivity index (χ2v) is 8.94. The van der Waals surface area contributed by atoms with Crippen LogP contribution in [0.5, 0.6) is 11.5 Å². The number of nitrogens with one attached hydrogen (secondary N) is 1. The van der Waals surface area contributed by atoms with Gasteiger partial charge in [-0.25, -0.2) is 9.18 Å². The van der Waals surface area contributed by atoms with Gasteiger partial charge in [0.1, 0.15) is 19.0 Å². The Morgan fingerprint density at radius 1 is 1.09 bits per heavy atom. The molecule has 2 aliphatic rings. The molecule has 0 fully saturated rings. The van der Waals surface area contributed by atoms with Crippen molar-refractivity contribution in [2.24, 2.45) is 0 Å². The van der Waals surface area contributed by atoms with Gasteiger partial charge in [-0.2, -0.15) is 4.98 Å². The van der Waals surface area contributed by atoms with Crippen LogP contribution in [0.25, 0.3) is 16.3 Å². The van der Waals surface area contributed by atoms with Crippen molar-refractivity contribution in [1.29, 1.82) is 0 Å². The smallest absolute Gasteiger partial charge is 0.327 e. The van der Waals surface area contributed by atoms with Crippen LogP contribution in [0.3, 0.4) is 0 Å². The van der Waals surface area contributed by atoms with E-state index in [0.717, 1.165) is 4.88 Å². The van der Waals surface area contributed by atoms with E-state index >= 15 is 0 Å². The Morgan fingerprint density at radius 2 is 1.89 bits per heavy atom. The quantitative estimate of drug-likeness (QED) is 0.411. The first kappa shape index (κ1) is 21.4.